The summed E-state index contributed by atoms with van der Waals surface area (Å²) in [7, 11) is 0. The van der Waals surface area contributed by atoms with Crippen LogP contribution in [0.15, 0.2) is 12.7 Å². The second kappa shape index (κ2) is 4.93. The van der Waals surface area contributed by atoms with Crippen LogP contribution in [0.3, 0.4) is 0 Å². The zero-order valence-corrected chi connectivity index (χ0v) is 7.67. The summed E-state index contributed by atoms with van der Waals surface area (Å²) in [5, 5.41) is 9.72. The first kappa shape index (κ1) is 11.2. The standard InChI is InChI=1S/C9H16O3/c1-4-6-9(11,5-2)7-12-8(3)10/h4,11H,1,5-7H2,2-3H3. The molecule has 0 aromatic rings. The van der Waals surface area contributed by atoms with Crippen molar-refractivity contribution in [2.45, 2.75) is 32.3 Å². The van der Waals surface area contributed by atoms with Gasteiger partial charge >= 0.3 is 5.97 Å². The first-order valence-electron chi connectivity index (χ1n) is 4.00. The molecule has 0 saturated heterocycles. The Morgan fingerprint density at radius 1 is 1.75 bits per heavy atom. The fraction of sp³-hybridized carbons (Fsp3) is 0.667. The molecule has 70 valence electrons. The summed E-state index contributed by atoms with van der Waals surface area (Å²) in [5.41, 5.74) is -0.937. The molecule has 0 amide bonds. The number of hydrogen-bond acceptors (Lipinski definition) is 3. The van der Waals surface area contributed by atoms with Crippen LogP contribution in [-0.4, -0.2) is 23.3 Å². The molecular formula is C9H16O3. The van der Waals surface area contributed by atoms with Gasteiger partial charge in [0.2, 0.25) is 0 Å². The van der Waals surface area contributed by atoms with Crippen molar-refractivity contribution in [3.63, 3.8) is 0 Å². The third-order valence-corrected chi connectivity index (χ3v) is 1.73. The maximum absolute atomic E-state index is 10.5. The second-order valence-corrected chi connectivity index (χ2v) is 2.85. The number of carbonyl (C=O) groups excluding carboxylic acids is 1. The molecule has 1 atom stereocenters. The van der Waals surface area contributed by atoms with Crippen LogP contribution in [0.5, 0.6) is 0 Å². The summed E-state index contributed by atoms with van der Waals surface area (Å²) in [5.74, 6) is -0.370. The van der Waals surface area contributed by atoms with Gasteiger partial charge in [-0.25, -0.2) is 0 Å². The Hall–Kier alpha value is -0.830. The first-order valence-corrected chi connectivity index (χ1v) is 4.00. The molecule has 0 heterocycles. The van der Waals surface area contributed by atoms with Crippen molar-refractivity contribution in [2.24, 2.45) is 0 Å². The lowest BCUT2D eigenvalue weighted by molar-refractivity contribution is -0.148. The van der Waals surface area contributed by atoms with E-state index in [1.54, 1.807) is 6.08 Å². The molecule has 12 heavy (non-hydrogen) atoms. The highest BCUT2D eigenvalue weighted by molar-refractivity contribution is 5.65. The normalized spacial score (nSPS) is 14.9. The molecule has 0 bridgehead atoms. The molecule has 0 spiro atoms. The van der Waals surface area contributed by atoms with Crippen LogP contribution in [0.4, 0.5) is 0 Å². The lowest BCUT2D eigenvalue weighted by Crippen LogP contribution is -2.33. The zero-order chi connectivity index (χ0) is 9.61. The van der Waals surface area contributed by atoms with Crippen molar-refractivity contribution < 1.29 is 14.6 Å². The maximum atomic E-state index is 10.5. The molecular weight excluding hydrogens is 156 g/mol. The molecule has 0 fully saturated rings. The predicted octanol–water partition coefficient (Wildman–Crippen LogP) is 1.27. The molecule has 0 radical (unpaired) electrons. The second-order valence-electron chi connectivity index (χ2n) is 2.85. The zero-order valence-electron chi connectivity index (χ0n) is 7.67. The molecule has 1 N–H and O–H groups in total. The molecule has 0 aliphatic rings. The summed E-state index contributed by atoms with van der Waals surface area (Å²) in [6.07, 6.45) is 2.61. The maximum Gasteiger partial charge on any atom is 0.302 e. The van der Waals surface area contributed by atoms with Crippen LogP contribution in [0.25, 0.3) is 0 Å². The number of rotatable bonds is 5. The summed E-state index contributed by atoms with van der Waals surface area (Å²) >= 11 is 0. The van der Waals surface area contributed by atoms with Crippen LogP contribution >= 0.6 is 0 Å². The summed E-state index contributed by atoms with van der Waals surface area (Å²) < 4.78 is 4.71. The molecule has 3 nitrogen and oxygen atoms in total. The van der Waals surface area contributed by atoms with E-state index in [1.165, 1.54) is 6.92 Å². The lowest BCUT2D eigenvalue weighted by atomic mass is 9.98. The van der Waals surface area contributed by atoms with Crippen molar-refractivity contribution >= 4 is 5.97 Å². The van der Waals surface area contributed by atoms with E-state index in [9.17, 15) is 9.90 Å². The van der Waals surface area contributed by atoms with Gasteiger partial charge in [0.1, 0.15) is 12.2 Å². The molecule has 0 saturated carbocycles. The molecule has 0 aromatic carbocycles. The predicted molar refractivity (Wildman–Crippen MR) is 46.7 cm³/mol. The summed E-state index contributed by atoms with van der Waals surface area (Å²) in [6.45, 7) is 6.73. The average molecular weight is 172 g/mol. The Morgan fingerprint density at radius 3 is 2.67 bits per heavy atom. The summed E-state index contributed by atoms with van der Waals surface area (Å²) in [6, 6.07) is 0. The minimum absolute atomic E-state index is 0.0465. The van der Waals surface area contributed by atoms with Crippen molar-refractivity contribution in [2.75, 3.05) is 6.61 Å². The molecule has 3 heteroatoms. The third kappa shape index (κ3) is 4.13. The van der Waals surface area contributed by atoms with Gasteiger partial charge in [-0.15, -0.1) is 6.58 Å². The van der Waals surface area contributed by atoms with Crippen molar-refractivity contribution in [3.05, 3.63) is 12.7 Å². The van der Waals surface area contributed by atoms with Gasteiger partial charge in [0, 0.05) is 6.92 Å². The smallest absolute Gasteiger partial charge is 0.302 e. The van der Waals surface area contributed by atoms with E-state index in [0.717, 1.165) is 0 Å². The Kier molecular flexibility index (Phi) is 4.59. The largest absolute Gasteiger partial charge is 0.463 e. The van der Waals surface area contributed by atoms with Crippen molar-refractivity contribution in [1.82, 2.24) is 0 Å². The Morgan fingerprint density at radius 2 is 2.33 bits per heavy atom. The average Bonchev–Trinajstić information content (AvgIpc) is 2.02. The highest BCUT2D eigenvalue weighted by Gasteiger charge is 2.24. The number of carbonyl (C=O) groups is 1. The minimum atomic E-state index is -0.937. The number of aliphatic hydroxyl groups is 1. The number of hydrogen-bond donors (Lipinski definition) is 1. The van der Waals surface area contributed by atoms with Gasteiger partial charge in [-0.3, -0.25) is 4.79 Å². The van der Waals surface area contributed by atoms with Gasteiger partial charge < -0.3 is 9.84 Å². The fourth-order valence-electron chi connectivity index (χ4n) is 0.810. The third-order valence-electron chi connectivity index (χ3n) is 1.73. The number of esters is 1. The molecule has 0 aromatic heterocycles. The van der Waals surface area contributed by atoms with E-state index in [4.69, 9.17) is 4.74 Å². The minimum Gasteiger partial charge on any atom is -0.463 e. The summed E-state index contributed by atoms with van der Waals surface area (Å²) in [4.78, 5) is 10.5. The van der Waals surface area contributed by atoms with Crippen LogP contribution in [0, 0.1) is 0 Å². The molecule has 0 aliphatic heterocycles. The number of ether oxygens (including phenoxy) is 1. The Labute approximate surface area is 73.0 Å². The van der Waals surface area contributed by atoms with E-state index in [1.807, 2.05) is 6.92 Å². The van der Waals surface area contributed by atoms with Gasteiger partial charge in [0.05, 0.1) is 0 Å². The Bertz CT molecular complexity index is 165. The quantitative estimate of drug-likeness (QED) is 0.501. The van der Waals surface area contributed by atoms with E-state index in [0.29, 0.717) is 12.8 Å². The van der Waals surface area contributed by atoms with Gasteiger partial charge in [-0.05, 0) is 12.8 Å². The lowest BCUT2D eigenvalue weighted by Gasteiger charge is -2.24. The van der Waals surface area contributed by atoms with E-state index < -0.39 is 5.60 Å². The van der Waals surface area contributed by atoms with Crippen LogP contribution < -0.4 is 0 Å². The Balaban J connectivity index is 3.94. The van der Waals surface area contributed by atoms with Gasteiger partial charge in [-0.2, -0.15) is 0 Å². The van der Waals surface area contributed by atoms with Gasteiger partial charge in [-0.1, -0.05) is 13.0 Å². The van der Waals surface area contributed by atoms with E-state index in [-0.39, 0.29) is 12.6 Å². The first-order chi connectivity index (χ1) is 5.54. The molecule has 0 rings (SSSR count). The monoisotopic (exact) mass is 172 g/mol. The van der Waals surface area contributed by atoms with Crippen LogP contribution in [0.1, 0.15) is 26.7 Å². The van der Waals surface area contributed by atoms with E-state index >= 15 is 0 Å². The van der Waals surface area contributed by atoms with Gasteiger partial charge in [0.15, 0.2) is 0 Å². The molecule has 1 unspecified atom stereocenters. The van der Waals surface area contributed by atoms with E-state index in [2.05, 4.69) is 6.58 Å². The van der Waals surface area contributed by atoms with Crippen LogP contribution in [0.2, 0.25) is 0 Å². The van der Waals surface area contributed by atoms with Crippen molar-refractivity contribution in [1.29, 1.82) is 0 Å². The fourth-order valence-corrected chi connectivity index (χ4v) is 0.810. The SMILES string of the molecule is C=CCC(O)(CC)COC(C)=O. The highest BCUT2D eigenvalue weighted by Crippen LogP contribution is 2.15. The van der Waals surface area contributed by atoms with Crippen LogP contribution in [-0.2, 0) is 9.53 Å². The van der Waals surface area contributed by atoms with Crippen molar-refractivity contribution in [3.8, 4) is 0 Å². The molecule has 0 aliphatic carbocycles. The topological polar surface area (TPSA) is 46.5 Å². The van der Waals surface area contributed by atoms with Gasteiger partial charge in [0.25, 0.3) is 0 Å². The highest BCUT2D eigenvalue weighted by atomic mass is 16.5.